The maximum absolute atomic E-state index is 11.9. The van der Waals surface area contributed by atoms with Crippen LogP contribution in [-0.2, 0) is 6.61 Å². The molecule has 5 nitrogen and oxygen atoms in total. The van der Waals surface area contributed by atoms with Crippen molar-refractivity contribution in [2.45, 2.75) is 20.5 Å². The first kappa shape index (κ1) is 19.1. The number of hydrogen-bond acceptors (Lipinski definition) is 4. The van der Waals surface area contributed by atoms with Gasteiger partial charge in [0.05, 0.1) is 10.7 Å². The summed E-state index contributed by atoms with van der Waals surface area (Å²) in [6.45, 7) is 3.53. The maximum Gasteiger partial charge on any atom is 0.286 e. The molecule has 0 fully saturated rings. The third kappa shape index (κ3) is 4.38. The first-order valence-electron chi connectivity index (χ1n) is 8.12. The van der Waals surface area contributed by atoms with Crippen molar-refractivity contribution in [1.82, 2.24) is 4.73 Å². The molecular formula is C20H17Cl2NO4. The van der Waals surface area contributed by atoms with E-state index in [9.17, 15) is 10.0 Å². The highest BCUT2D eigenvalue weighted by Gasteiger charge is 2.10. The van der Waals surface area contributed by atoms with Gasteiger partial charge in [-0.25, -0.2) is 0 Å². The van der Waals surface area contributed by atoms with Gasteiger partial charge < -0.3 is 14.7 Å². The van der Waals surface area contributed by atoms with Gasteiger partial charge in [-0.05, 0) is 67.9 Å². The molecule has 0 aliphatic rings. The summed E-state index contributed by atoms with van der Waals surface area (Å²) in [5, 5.41) is 10.9. The lowest BCUT2D eigenvalue weighted by Gasteiger charge is -2.12. The Morgan fingerprint density at radius 2 is 1.67 bits per heavy atom. The van der Waals surface area contributed by atoms with E-state index in [0.29, 0.717) is 43.3 Å². The molecule has 1 aromatic heterocycles. The van der Waals surface area contributed by atoms with Crippen LogP contribution in [0.2, 0.25) is 10.0 Å². The fraction of sp³-hybridized carbons (Fsp3) is 0.150. The highest BCUT2D eigenvalue weighted by atomic mass is 35.5. The number of nitrogens with zero attached hydrogens (tertiary/aromatic N) is 1. The Labute approximate surface area is 166 Å². The molecule has 0 amide bonds. The van der Waals surface area contributed by atoms with Gasteiger partial charge in [-0.3, -0.25) is 4.79 Å². The summed E-state index contributed by atoms with van der Waals surface area (Å²) < 4.78 is 12.0. The molecule has 1 heterocycles. The highest BCUT2D eigenvalue weighted by Crippen LogP contribution is 2.32. The van der Waals surface area contributed by atoms with E-state index in [1.54, 1.807) is 55.5 Å². The number of ether oxygens (including phenoxy) is 2. The number of aryl methyl sites for hydroxylation is 1. The van der Waals surface area contributed by atoms with Gasteiger partial charge in [0.2, 0.25) is 0 Å². The number of halogens is 2. The van der Waals surface area contributed by atoms with Crippen molar-refractivity contribution in [1.29, 1.82) is 0 Å². The Balaban J connectivity index is 1.69. The van der Waals surface area contributed by atoms with E-state index in [0.717, 1.165) is 5.56 Å². The molecular weight excluding hydrogens is 389 g/mol. The van der Waals surface area contributed by atoms with Crippen LogP contribution >= 0.6 is 23.2 Å². The second-order valence-corrected chi connectivity index (χ2v) is 6.84. The van der Waals surface area contributed by atoms with Crippen molar-refractivity contribution in [2.75, 3.05) is 0 Å². The Hall–Kier alpha value is -2.63. The normalized spacial score (nSPS) is 10.7. The Bertz CT molecular complexity index is 1030. The summed E-state index contributed by atoms with van der Waals surface area (Å²) in [5.74, 6) is 1.64. The van der Waals surface area contributed by atoms with Gasteiger partial charge in [0.25, 0.3) is 5.56 Å². The molecule has 140 valence electrons. The van der Waals surface area contributed by atoms with Gasteiger partial charge in [-0.1, -0.05) is 23.2 Å². The molecule has 1 N–H and O–H groups in total. The quantitative estimate of drug-likeness (QED) is 0.578. The molecule has 0 atom stereocenters. The van der Waals surface area contributed by atoms with Gasteiger partial charge in [0, 0.05) is 10.6 Å². The standard InChI is InChI=1S/C20H17Cl2NO4/c1-12-9-15(23(25)20(24)13(12)2)11-26-16-4-6-17(7-5-16)27-19-8-3-14(21)10-18(19)22/h3-10,25H,11H2,1-2H3. The van der Waals surface area contributed by atoms with Gasteiger partial charge >= 0.3 is 0 Å². The minimum absolute atomic E-state index is 0.0517. The van der Waals surface area contributed by atoms with E-state index in [1.807, 2.05) is 6.92 Å². The topological polar surface area (TPSA) is 60.7 Å². The Morgan fingerprint density at radius 1 is 1.00 bits per heavy atom. The van der Waals surface area contributed by atoms with Crippen molar-refractivity contribution < 1.29 is 14.7 Å². The molecule has 0 radical (unpaired) electrons. The molecule has 0 saturated heterocycles. The zero-order valence-corrected chi connectivity index (χ0v) is 16.2. The predicted octanol–water partition coefficient (Wildman–Crippen LogP) is 5.38. The minimum atomic E-state index is -0.447. The number of pyridine rings is 1. The number of aromatic nitrogens is 1. The lowest BCUT2D eigenvalue weighted by Crippen LogP contribution is -2.25. The average molecular weight is 406 g/mol. The van der Waals surface area contributed by atoms with Crippen molar-refractivity contribution in [3.63, 3.8) is 0 Å². The van der Waals surface area contributed by atoms with Crippen molar-refractivity contribution in [3.8, 4) is 17.2 Å². The molecule has 0 aliphatic heterocycles. The molecule has 0 saturated carbocycles. The van der Waals surface area contributed by atoms with Crippen LogP contribution in [0, 0.1) is 13.8 Å². The second-order valence-electron chi connectivity index (χ2n) is 6.00. The SMILES string of the molecule is Cc1cc(COc2ccc(Oc3ccc(Cl)cc3Cl)cc2)n(O)c(=O)c1C. The first-order valence-corrected chi connectivity index (χ1v) is 8.88. The highest BCUT2D eigenvalue weighted by molar-refractivity contribution is 6.35. The number of hydrogen-bond donors (Lipinski definition) is 1. The van der Waals surface area contributed by atoms with Crippen LogP contribution < -0.4 is 15.0 Å². The van der Waals surface area contributed by atoms with Gasteiger partial charge in [0.15, 0.2) is 0 Å². The van der Waals surface area contributed by atoms with Crippen LogP contribution in [0.4, 0.5) is 0 Å². The van der Waals surface area contributed by atoms with E-state index in [2.05, 4.69) is 0 Å². The van der Waals surface area contributed by atoms with Gasteiger partial charge in [0.1, 0.15) is 23.9 Å². The second kappa shape index (κ2) is 7.94. The zero-order valence-electron chi connectivity index (χ0n) is 14.7. The maximum atomic E-state index is 11.9. The van der Waals surface area contributed by atoms with E-state index in [1.165, 1.54) is 0 Å². The lowest BCUT2D eigenvalue weighted by atomic mass is 10.1. The van der Waals surface area contributed by atoms with Crippen LogP contribution in [0.25, 0.3) is 0 Å². The van der Waals surface area contributed by atoms with Crippen LogP contribution in [0.3, 0.4) is 0 Å². The number of benzene rings is 2. The Morgan fingerprint density at radius 3 is 2.33 bits per heavy atom. The summed E-state index contributed by atoms with van der Waals surface area (Å²) in [6, 6.07) is 13.6. The molecule has 3 rings (SSSR count). The van der Waals surface area contributed by atoms with Crippen LogP contribution in [0.15, 0.2) is 53.3 Å². The summed E-state index contributed by atoms with van der Waals surface area (Å²) in [5.41, 5.74) is 1.23. The smallest absolute Gasteiger partial charge is 0.286 e. The molecule has 0 bridgehead atoms. The van der Waals surface area contributed by atoms with Crippen molar-refractivity contribution in [3.05, 3.63) is 85.8 Å². The fourth-order valence-electron chi connectivity index (χ4n) is 2.43. The third-order valence-corrected chi connectivity index (χ3v) is 4.62. The van der Waals surface area contributed by atoms with Gasteiger partial charge in [-0.2, -0.15) is 0 Å². The third-order valence-electron chi connectivity index (χ3n) is 4.09. The molecule has 0 unspecified atom stereocenters. The predicted molar refractivity (Wildman–Crippen MR) is 105 cm³/mol. The monoisotopic (exact) mass is 405 g/mol. The Kier molecular flexibility index (Phi) is 5.63. The zero-order chi connectivity index (χ0) is 19.6. The molecule has 2 aromatic carbocycles. The van der Waals surface area contributed by atoms with E-state index >= 15 is 0 Å². The van der Waals surface area contributed by atoms with Crippen molar-refractivity contribution in [2.24, 2.45) is 0 Å². The van der Waals surface area contributed by atoms with E-state index in [-0.39, 0.29) is 6.61 Å². The molecule has 7 heteroatoms. The number of rotatable bonds is 5. The lowest BCUT2D eigenvalue weighted by molar-refractivity contribution is 0.147. The van der Waals surface area contributed by atoms with E-state index < -0.39 is 5.56 Å². The molecule has 0 aliphatic carbocycles. The molecule has 0 spiro atoms. The summed E-state index contributed by atoms with van der Waals surface area (Å²) in [7, 11) is 0. The van der Waals surface area contributed by atoms with Crippen LogP contribution in [-0.4, -0.2) is 9.94 Å². The van der Waals surface area contributed by atoms with Crippen LogP contribution in [0.5, 0.6) is 17.2 Å². The van der Waals surface area contributed by atoms with Crippen LogP contribution in [0.1, 0.15) is 16.8 Å². The van der Waals surface area contributed by atoms with Crippen molar-refractivity contribution >= 4 is 23.2 Å². The average Bonchev–Trinajstić information content (AvgIpc) is 2.65. The van der Waals surface area contributed by atoms with Gasteiger partial charge in [-0.15, -0.1) is 4.73 Å². The van der Waals surface area contributed by atoms with E-state index in [4.69, 9.17) is 32.7 Å². The largest absolute Gasteiger partial charge is 0.487 e. The summed E-state index contributed by atoms with van der Waals surface area (Å²) in [4.78, 5) is 11.9. The minimum Gasteiger partial charge on any atom is -0.487 e. The summed E-state index contributed by atoms with van der Waals surface area (Å²) in [6.07, 6.45) is 0. The molecule has 3 aromatic rings. The first-order chi connectivity index (χ1) is 12.8. The molecule has 27 heavy (non-hydrogen) atoms. The fourth-order valence-corrected chi connectivity index (χ4v) is 2.87. The summed E-state index contributed by atoms with van der Waals surface area (Å²) >= 11 is 12.0.